The smallest absolute Gasteiger partial charge is 0.197 e. The maximum atomic E-state index is 12.9. The van der Waals surface area contributed by atoms with Gasteiger partial charge in [-0.1, -0.05) is 19.1 Å². The van der Waals surface area contributed by atoms with Gasteiger partial charge in [-0.05, 0) is 12.1 Å². The van der Waals surface area contributed by atoms with Gasteiger partial charge in [-0.25, -0.2) is 4.39 Å². The zero-order valence-corrected chi connectivity index (χ0v) is 6.83. The highest BCUT2D eigenvalue weighted by Gasteiger charge is 2.05. The zero-order chi connectivity index (χ0) is 8.97. The highest BCUT2D eigenvalue weighted by Crippen LogP contribution is 2.16. The van der Waals surface area contributed by atoms with Crippen molar-refractivity contribution in [3.8, 4) is 5.75 Å². The van der Waals surface area contributed by atoms with Gasteiger partial charge in [-0.15, -0.1) is 0 Å². The number of rotatable bonds is 3. The lowest BCUT2D eigenvalue weighted by Crippen LogP contribution is -2.14. The van der Waals surface area contributed by atoms with E-state index in [0.29, 0.717) is 6.42 Å². The molecule has 12 heavy (non-hydrogen) atoms. The molecule has 1 N–H and O–H groups in total. The van der Waals surface area contributed by atoms with Gasteiger partial charge in [0.1, 0.15) is 0 Å². The van der Waals surface area contributed by atoms with E-state index in [4.69, 9.17) is 9.84 Å². The van der Waals surface area contributed by atoms with Crippen LogP contribution in [-0.4, -0.2) is 11.4 Å². The summed E-state index contributed by atoms with van der Waals surface area (Å²) >= 11 is 0. The van der Waals surface area contributed by atoms with Crippen molar-refractivity contribution in [2.75, 3.05) is 0 Å². The molecule has 0 saturated carbocycles. The molecule has 0 fully saturated rings. The molecule has 3 heteroatoms. The normalized spacial score (nSPS) is 12.6. The molecule has 0 spiro atoms. The van der Waals surface area contributed by atoms with Gasteiger partial charge in [0.05, 0.1) is 0 Å². The first-order chi connectivity index (χ1) is 5.74. The molecule has 66 valence electrons. The van der Waals surface area contributed by atoms with E-state index in [2.05, 4.69) is 0 Å². The molecule has 1 rings (SSSR count). The van der Waals surface area contributed by atoms with Gasteiger partial charge >= 0.3 is 0 Å². The monoisotopic (exact) mass is 170 g/mol. The predicted octanol–water partition coefficient (Wildman–Crippen LogP) is 1.93. The molecular weight excluding hydrogens is 159 g/mol. The molecule has 0 heterocycles. The van der Waals surface area contributed by atoms with E-state index < -0.39 is 12.1 Å². The fourth-order valence-corrected chi connectivity index (χ4v) is 0.770. The fraction of sp³-hybridized carbons (Fsp3) is 0.333. The summed E-state index contributed by atoms with van der Waals surface area (Å²) in [5.74, 6) is -0.364. The van der Waals surface area contributed by atoms with Gasteiger partial charge in [-0.3, -0.25) is 0 Å². The summed E-state index contributed by atoms with van der Waals surface area (Å²) in [7, 11) is 0. The maximum absolute atomic E-state index is 12.9. The molecule has 0 aliphatic rings. The van der Waals surface area contributed by atoms with Crippen molar-refractivity contribution >= 4 is 0 Å². The van der Waals surface area contributed by atoms with Gasteiger partial charge in [-0.2, -0.15) is 0 Å². The number of hydrogen-bond donors (Lipinski definition) is 1. The lowest BCUT2D eigenvalue weighted by Gasteiger charge is -2.11. The largest absolute Gasteiger partial charge is 0.462 e. The molecule has 0 radical (unpaired) electrons. The van der Waals surface area contributed by atoms with Crippen LogP contribution < -0.4 is 4.74 Å². The third kappa shape index (κ3) is 2.20. The number of aliphatic hydroxyl groups excluding tert-OH is 1. The van der Waals surface area contributed by atoms with Crippen molar-refractivity contribution in [2.45, 2.75) is 19.6 Å². The zero-order valence-electron chi connectivity index (χ0n) is 6.83. The quantitative estimate of drug-likeness (QED) is 0.702. The Hall–Kier alpha value is -1.09. The lowest BCUT2D eigenvalue weighted by molar-refractivity contribution is -0.0216. The number of benzene rings is 1. The second-order valence-electron chi connectivity index (χ2n) is 2.41. The first kappa shape index (κ1) is 9.00. The fourth-order valence-electron chi connectivity index (χ4n) is 0.770. The lowest BCUT2D eigenvalue weighted by atomic mass is 10.3. The van der Waals surface area contributed by atoms with E-state index in [0.717, 1.165) is 0 Å². The summed E-state index contributed by atoms with van der Waals surface area (Å²) in [6, 6.07) is 5.99. The van der Waals surface area contributed by atoms with E-state index in [9.17, 15) is 4.39 Å². The topological polar surface area (TPSA) is 29.5 Å². The van der Waals surface area contributed by atoms with Gasteiger partial charge in [0.25, 0.3) is 0 Å². The number of hydrogen-bond acceptors (Lipinski definition) is 2. The minimum atomic E-state index is -0.929. The van der Waals surface area contributed by atoms with Crippen molar-refractivity contribution in [3.63, 3.8) is 0 Å². The van der Waals surface area contributed by atoms with Crippen molar-refractivity contribution in [2.24, 2.45) is 0 Å². The predicted molar refractivity (Wildman–Crippen MR) is 43.3 cm³/mol. The molecular formula is C9H11FO2. The van der Waals surface area contributed by atoms with Crippen molar-refractivity contribution < 1.29 is 14.2 Å². The van der Waals surface area contributed by atoms with Crippen LogP contribution >= 0.6 is 0 Å². The Morgan fingerprint density at radius 1 is 1.50 bits per heavy atom. The molecule has 1 aromatic rings. The molecule has 2 nitrogen and oxygen atoms in total. The van der Waals surface area contributed by atoms with Crippen LogP contribution in [0.3, 0.4) is 0 Å². The SMILES string of the molecule is CCC(O)Oc1ccccc1F. The van der Waals surface area contributed by atoms with Crippen LogP contribution in [0.25, 0.3) is 0 Å². The highest BCUT2D eigenvalue weighted by atomic mass is 19.1. The molecule has 1 aromatic carbocycles. The average Bonchev–Trinajstić information content (AvgIpc) is 2.09. The number of para-hydroxylation sites is 1. The third-order valence-corrected chi connectivity index (χ3v) is 1.45. The Balaban J connectivity index is 2.69. The summed E-state index contributed by atoms with van der Waals surface area (Å²) in [6.07, 6.45) is -0.490. The highest BCUT2D eigenvalue weighted by molar-refractivity contribution is 5.23. The summed E-state index contributed by atoms with van der Waals surface area (Å²) in [5, 5.41) is 9.05. The molecule has 1 atom stereocenters. The minimum absolute atomic E-state index is 0.0897. The summed E-state index contributed by atoms with van der Waals surface area (Å²) in [5.41, 5.74) is 0. The van der Waals surface area contributed by atoms with E-state index in [-0.39, 0.29) is 5.75 Å². The van der Waals surface area contributed by atoms with E-state index in [1.165, 1.54) is 12.1 Å². The minimum Gasteiger partial charge on any atom is -0.462 e. The Bertz CT molecular complexity index is 250. The molecule has 0 aromatic heterocycles. The summed E-state index contributed by atoms with van der Waals surface area (Å²) in [4.78, 5) is 0. The van der Waals surface area contributed by atoms with Gasteiger partial charge in [0.15, 0.2) is 17.9 Å². The molecule has 0 aliphatic carbocycles. The Labute approximate surface area is 70.6 Å². The molecule has 0 saturated heterocycles. The first-order valence-corrected chi connectivity index (χ1v) is 3.83. The Morgan fingerprint density at radius 2 is 2.17 bits per heavy atom. The van der Waals surface area contributed by atoms with Crippen molar-refractivity contribution in [1.82, 2.24) is 0 Å². The van der Waals surface area contributed by atoms with Crippen molar-refractivity contribution in [1.29, 1.82) is 0 Å². The number of aliphatic hydroxyl groups is 1. The molecule has 1 unspecified atom stereocenters. The Kier molecular flexibility index (Phi) is 3.05. The molecule has 0 bridgehead atoms. The van der Waals surface area contributed by atoms with Crippen LogP contribution in [-0.2, 0) is 0 Å². The van der Waals surface area contributed by atoms with E-state index in [1.807, 2.05) is 0 Å². The van der Waals surface area contributed by atoms with Gasteiger partial charge in [0.2, 0.25) is 0 Å². The standard InChI is InChI=1S/C9H11FO2/c1-2-9(11)12-8-6-4-3-5-7(8)10/h3-6,9,11H,2H2,1H3. The summed E-state index contributed by atoms with van der Waals surface area (Å²) < 4.78 is 17.7. The molecule has 0 aliphatic heterocycles. The second-order valence-corrected chi connectivity index (χ2v) is 2.41. The van der Waals surface area contributed by atoms with E-state index in [1.54, 1.807) is 19.1 Å². The third-order valence-electron chi connectivity index (χ3n) is 1.45. The second kappa shape index (κ2) is 4.07. The van der Waals surface area contributed by atoms with Crippen LogP contribution in [0, 0.1) is 5.82 Å². The Morgan fingerprint density at radius 3 is 2.75 bits per heavy atom. The molecule has 0 amide bonds. The summed E-state index contributed by atoms with van der Waals surface area (Å²) in [6.45, 7) is 1.76. The van der Waals surface area contributed by atoms with Crippen LogP contribution in [0.4, 0.5) is 4.39 Å². The average molecular weight is 170 g/mol. The number of ether oxygens (including phenoxy) is 1. The van der Waals surface area contributed by atoms with Gasteiger partial charge < -0.3 is 9.84 Å². The van der Waals surface area contributed by atoms with Crippen LogP contribution in [0.2, 0.25) is 0 Å². The van der Waals surface area contributed by atoms with Crippen LogP contribution in [0.15, 0.2) is 24.3 Å². The first-order valence-electron chi connectivity index (χ1n) is 3.83. The van der Waals surface area contributed by atoms with Crippen molar-refractivity contribution in [3.05, 3.63) is 30.1 Å². The maximum Gasteiger partial charge on any atom is 0.197 e. The van der Waals surface area contributed by atoms with E-state index >= 15 is 0 Å². The number of halogens is 1. The van der Waals surface area contributed by atoms with Crippen LogP contribution in [0.1, 0.15) is 13.3 Å². The van der Waals surface area contributed by atoms with Crippen LogP contribution in [0.5, 0.6) is 5.75 Å². The van der Waals surface area contributed by atoms with Gasteiger partial charge in [0, 0.05) is 6.42 Å².